The maximum atomic E-state index is 13.4. The van der Waals surface area contributed by atoms with Gasteiger partial charge in [0.15, 0.2) is 0 Å². The summed E-state index contributed by atoms with van der Waals surface area (Å²) < 4.78 is 18.3. The van der Waals surface area contributed by atoms with Crippen LogP contribution < -0.4 is 15.1 Å². The van der Waals surface area contributed by atoms with E-state index in [1.165, 1.54) is 18.4 Å². The number of amides is 1. The predicted octanol–water partition coefficient (Wildman–Crippen LogP) is 3.90. The number of benzene rings is 2. The Morgan fingerprint density at radius 3 is 2.43 bits per heavy atom. The van der Waals surface area contributed by atoms with Gasteiger partial charge in [-0.05, 0) is 81.7 Å². The third kappa shape index (κ3) is 3.32. The number of anilines is 1. The lowest BCUT2D eigenvalue weighted by Gasteiger charge is -2.32. The monoisotopic (exact) mass is 405 g/mol. The first kappa shape index (κ1) is 19.6. The number of hydrogen-bond acceptors (Lipinski definition) is 4. The number of hydrogen-bond donors (Lipinski definition) is 0. The van der Waals surface area contributed by atoms with Gasteiger partial charge in [-0.3, -0.25) is 4.79 Å². The molecule has 0 bridgehead atoms. The van der Waals surface area contributed by atoms with Crippen LogP contribution in [0.1, 0.15) is 62.4 Å². The number of nitrogens with zero attached hydrogens (tertiary/aromatic N) is 1. The van der Waals surface area contributed by atoms with Crippen molar-refractivity contribution in [3.05, 3.63) is 53.6 Å². The van der Waals surface area contributed by atoms with Crippen molar-refractivity contribution in [1.82, 2.24) is 0 Å². The molecule has 6 heteroatoms. The Bertz CT molecular complexity index is 982. The highest BCUT2D eigenvalue weighted by molar-refractivity contribution is 6.62. The van der Waals surface area contributed by atoms with Crippen LogP contribution in [0.15, 0.2) is 42.5 Å². The Hall–Kier alpha value is -2.31. The van der Waals surface area contributed by atoms with Gasteiger partial charge in [0.25, 0.3) is 5.91 Å². The van der Waals surface area contributed by atoms with E-state index < -0.39 is 18.3 Å². The summed E-state index contributed by atoms with van der Waals surface area (Å²) >= 11 is 0. The van der Waals surface area contributed by atoms with Crippen molar-refractivity contribution in [2.24, 2.45) is 0 Å². The van der Waals surface area contributed by atoms with Crippen molar-refractivity contribution >= 4 is 24.2 Å². The first-order valence-electron chi connectivity index (χ1n) is 10.8. The molecule has 0 radical (unpaired) electrons. The van der Waals surface area contributed by atoms with Crippen molar-refractivity contribution in [2.45, 2.75) is 57.7 Å². The zero-order valence-corrected chi connectivity index (χ0v) is 18.1. The summed E-state index contributed by atoms with van der Waals surface area (Å²) in [6, 6.07) is 13.9. The third-order valence-electron chi connectivity index (χ3n) is 6.81. The van der Waals surface area contributed by atoms with Crippen LogP contribution in [0.3, 0.4) is 0 Å². The summed E-state index contributed by atoms with van der Waals surface area (Å²) in [6.07, 6.45) is 2.45. The molecule has 1 saturated heterocycles. The highest BCUT2D eigenvalue weighted by atomic mass is 16.7. The molecule has 5 nitrogen and oxygen atoms in total. The molecular weight excluding hydrogens is 377 g/mol. The van der Waals surface area contributed by atoms with Crippen LogP contribution in [0.25, 0.3) is 0 Å². The second-order valence-corrected chi connectivity index (χ2v) is 9.52. The molecule has 2 aromatic carbocycles. The van der Waals surface area contributed by atoms with Gasteiger partial charge in [0.05, 0.1) is 23.3 Å². The Balaban J connectivity index is 1.43. The Morgan fingerprint density at radius 1 is 1.00 bits per heavy atom. The van der Waals surface area contributed by atoms with Crippen LogP contribution in [-0.4, -0.2) is 37.4 Å². The quantitative estimate of drug-likeness (QED) is 0.727. The van der Waals surface area contributed by atoms with E-state index in [2.05, 4.69) is 12.1 Å². The summed E-state index contributed by atoms with van der Waals surface area (Å²) in [5.74, 6) is 1.30. The zero-order chi connectivity index (χ0) is 21.1. The molecule has 0 aromatic heterocycles. The number of ether oxygens (including phenoxy) is 1. The highest BCUT2D eigenvalue weighted by Crippen LogP contribution is 2.42. The molecular formula is C24H28BNO4. The topological polar surface area (TPSA) is 48.0 Å². The van der Waals surface area contributed by atoms with Crippen LogP contribution in [0.5, 0.6) is 5.75 Å². The average molecular weight is 405 g/mol. The van der Waals surface area contributed by atoms with E-state index in [1.54, 1.807) is 4.90 Å². The molecule has 156 valence electrons. The largest absolute Gasteiger partial charge is 0.494 e. The summed E-state index contributed by atoms with van der Waals surface area (Å²) in [4.78, 5) is 15.1. The van der Waals surface area contributed by atoms with Gasteiger partial charge in [0.2, 0.25) is 0 Å². The summed E-state index contributed by atoms with van der Waals surface area (Å²) in [6.45, 7) is 9.13. The zero-order valence-electron chi connectivity index (χ0n) is 18.1. The Kier molecular flexibility index (Phi) is 4.49. The molecule has 2 aliphatic heterocycles. The second-order valence-electron chi connectivity index (χ2n) is 9.52. The van der Waals surface area contributed by atoms with Crippen molar-refractivity contribution < 1.29 is 18.8 Å². The molecule has 0 unspecified atom stereocenters. The van der Waals surface area contributed by atoms with Crippen LogP contribution in [0.2, 0.25) is 0 Å². The summed E-state index contributed by atoms with van der Waals surface area (Å²) in [5, 5.41) is 0. The minimum atomic E-state index is -0.457. The lowest BCUT2D eigenvalue weighted by molar-refractivity contribution is 0.00578. The number of rotatable bonds is 3. The van der Waals surface area contributed by atoms with Gasteiger partial charge in [0.1, 0.15) is 12.4 Å². The van der Waals surface area contributed by atoms with E-state index in [9.17, 15) is 4.79 Å². The molecule has 1 saturated carbocycles. The van der Waals surface area contributed by atoms with Crippen molar-refractivity contribution in [2.75, 3.05) is 18.1 Å². The maximum Gasteiger partial charge on any atom is 0.494 e. The molecule has 5 rings (SSSR count). The average Bonchev–Trinajstić information content (AvgIpc) is 3.52. The summed E-state index contributed by atoms with van der Waals surface area (Å²) in [5.41, 5.74) is 2.83. The van der Waals surface area contributed by atoms with Gasteiger partial charge in [-0.15, -0.1) is 0 Å². The molecule has 2 aromatic rings. The Labute approximate surface area is 178 Å². The fourth-order valence-corrected chi connectivity index (χ4v) is 4.06. The van der Waals surface area contributed by atoms with Gasteiger partial charge in [0, 0.05) is 5.69 Å². The van der Waals surface area contributed by atoms with Crippen LogP contribution >= 0.6 is 0 Å². The van der Waals surface area contributed by atoms with Crippen molar-refractivity contribution in [3.63, 3.8) is 0 Å². The molecule has 0 spiro atoms. The molecule has 0 atom stereocenters. The van der Waals surface area contributed by atoms with Gasteiger partial charge >= 0.3 is 7.12 Å². The summed E-state index contributed by atoms with van der Waals surface area (Å²) in [7, 11) is -0.457. The molecule has 0 N–H and O–H groups in total. The fourth-order valence-electron chi connectivity index (χ4n) is 4.06. The van der Waals surface area contributed by atoms with Crippen molar-refractivity contribution in [1.29, 1.82) is 0 Å². The van der Waals surface area contributed by atoms with Crippen molar-refractivity contribution in [3.8, 4) is 5.75 Å². The highest BCUT2D eigenvalue weighted by Gasteiger charge is 2.51. The van der Waals surface area contributed by atoms with Crippen LogP contribution in [0, 0.1) is 0 Å². The standard InChI is InChI=1S/C24H28BNO4/c1-23(2)24(3,4)30-25(29-23)18-6-5-7-19(15-18)26-12-13-28-21-14-17(16-8-9-16)10-11-20(21)22(26)27/h5-7,10-11,14-16H,8-9,12-13H2,1-4H3. The lowest BCUT2D eigenvalue weighted by Crippen LogP contribution is -2.41. The Morgan fingerprint density at radius 2 is 1.73 bits per heavy atom. The van der Waals surface area contributed by atoms with E-state index in [-0.39, 0.29) is 5.91 Å². The molecule has 2 heterocycles. The maximum absolute atomic E-state index is 13.4. The minimum Gasteiger partial charge on any atom is -0.491 e. The van der Waals surface area contributed by atoms with Crippen LogP contribution in [0.4, 0.5) is 5.69 Å². The lowest BCUT2D eigenvalue weighted by atomic mass is 9.79. The fraction of sp³-hybridized carbons (Fsp3) is 0.458. The molecule has 1 aliphatic carbocycles. The number of fused-ring (bicyclic) bond motifs is 1. The number of carbonyl (C=O) groups is 1. The smallest absolute Gasteiger partial charge is 0.491 e. The van der Waals surface area contributed by atoms with E-state index in [0.29, 0.717) is 30.4 Å². The molecule has 3 aliphatic rings. The first-order chi connectivity index (χ1) is 14.2. The molecule has 1 amide bonds. The first-order valence-corrected chi connectivity index (χ1v) is 10.8. The van der Waals surface area contributed by atoms with E-state index >= 15 is 0 Å². The van der Waals surface area contributed by atoms with Gasteiger partial charge in [-0.25, -0.2) is 0 Å². The van der Waals surface area contributed by atoms with Gasteiger partial charge in [-0.1, -0.05) is 18.2 Å². The van der Waals surface area contributed by atoms with Gasteiger partial charge < -0.3 is 18.9 Å². The molecule has 30 heavy (non-hydrogen) atoms. The SMILES string of the molecule is CC1(C)OB(c2cccc(N3CCOc4cc(C5CC5)ccc4C3=O)c2)OC1(C)C. The second kappa shape index (κ2) is 6.86. The minimum absolute atomic E-state index is 0.0316. The van der Waals surface area contributed by atoms with Gasteiger partial charge in [-0.2, -0.15) is 0 Å². The van der Waals surface area contributed by atoms with E-state index in [4.69, 9.17) is 14.0 Å². The van der Waals surface area contributed by atoms with Crippen LogP contribution in [-0.2, 0) is 9.31 Å². The normalized spacial score (nSPS) is 22.5. The van der Waals surface area contributed by atoms with E-state index in [0.717, 1.165) is 11.2 Å². The number of carbonyl (C=O) groups excluding carboxylic acids is 1. The van der Waals surface area contributed by atoms with E-state index in [1.807, 2.05) is 58.0 Å². The third-order valence-corrected chi connectivity index (χ3v) is 6.81. The predicted molar refractivity (Wildman–Crippen MR) is 118 cm³/mol. The molecule has 2 fully saturated rings.